The van der Waals surface area contributed by atoms with Crippen LogP contribution in [0.1, 0.15) is 74.6 Å². The van der Waals surface area contributed by atoms with Gasteiger partial charge >= 0.3 is 11.9 Å². The molecule has 0 aromatic heterocycles. The molecule has 0 heterocycles. The third-order valence-electron chi connectivity index (χ3n) is 13.2. The van der Waals surface area contributed by atoms with Crippen LogP contribution in [0.3, 0.4) is 0 Å². The number of halogens is 1. The zero-order chi connectivity index (χ0) is 42.3. The maximum absolute atomic E-state index is 11.9. The molecule has 0 fully saturated rings. The standard InChI is InChI=1S/C56H49BrO4/c1-5-51(58)60-31-15-13-29-56(30-14-16-32-61-52(59)6-2)47-22-12-11-17-39(47)42-27-24-37(34-50(42)56)54-45-20-9-7-18-43(45)53(44-19-8-10-21-46(44)54)36-23-26-40-41-28-25-38(57)35-49(41)55(3,4)48(40)33-36/h5-12,17-28,33-35H,1-2,13-16,29-32H2,3-4H3. The molecule has 0 atom stereocenters. The highest BCUT2D eigenvalue weighted by Gasteiger charge is 2.42. The first-order chi connectivity index (χ1) is 29.7. The summed E-state index contributed by atoms with van der Waals surface area (Å²) in [5, 5.41) is 4.89. The minimum Gasteiger partial charge on any atom is -0.463 e. The van der Waals surface area contributed by atoms with Gasteiger partial charge in [0.2, 0.25) is 0 Å². The molecule has 0 saturated carbocycles. The van der Waals surface area contributed by atoms with Gasteiger partial charge in [-0.15, -0.1) is 0 Å². The van der Waals surface area contributed by atoms with Crippen molar-refractivity contribution in [3.63, 3.8) is 0 Å². The number of carbonyl (C=O) groups is 2. The van der Waals surface area contributed by atoms with Crippen molar-refractivity contribution >= 4 is 49.4 Å². The molecule has 0 N–H and O–H groups in total. The average Bonchev–Trinajstić information content (AvgIpc) is 3.68. The number of hydrogen-bond donors (Lipinski definition) is 0. The molecule has 2 aliphatic rings. The minimum absolute atomic E-state index is 0.142. The van der Waals surface area contributed by atoms with E-state index >= 15 is 0 Å². The van der Waals surface area contributed by atoms with Crippen molar-refractivity contribution in [2.24, 2.45) is 0 Å². The number of unbranched alkanes of at least 4 members (excludes halogenated alkanes) is 2. The van der Waals surface area contributed by atoms with Gasteiger partial charge in [-0.2, -0.15) is 0 Å². The topological polar surface area (TPSA) is 52.6 Å². The number of fused-ring (bicyclic) bond motifs is 8. The molecule has 0 bridgehead atoms. The number of carbonyl (C=O) groups excluding carboxylic acids is 2. The molecule has 0 radical (unpaired) electrons. The van der Waals surface area contributed by atoms with E-state index < -0.39 is 11.9 Å². The number of esters is 2. The lowest BCUT2D eigenvalue weighted by Crippen LogP contribution is -2.26. The highest BCUT2D eigenvalue weighted by molar-refractivity contribution is 9.10. The maximum Gasteiger partial charge on any atom is 0.330 e. The van der Waals surface area contributed by atoms with E-state index in [2.05, 4.69) is 170 Å². The monoisotopic (exact) mass is 864 g/mol. The van der Waals surface area contributed by atoms with Crippen LogP contribution in [0, 0.1) is 0 Å². The average molecular weight is 866 g/mol. The SMILES string of the molecule is C=CC(=O)OCCCCC1(CCCCOC(=O)C=C)c2ccccc2-c2ccc(-c3c4ccccc4c(-c4ccc5c(c4)C(C)(C)c4cc(Br)ccc4-5)c4ccccc34)cc21. The van der Waals surface area contributed by atoms with Crippen LogP contribution in [-0.4, -0.2) is 25.2 Å². The molecule has 5 heteroatoms. The second kappa shape index (κ2) is 16.4. The Balaban J connectivity index is 1.18. The summed E-state index contributed by atoms with van der Waals surface area (Å²) in [6.07, 6.45) is 7.43. The number of hydrogen-bond acceptors (Lipinski definition) is 4. The smallest absolute Gasteiger partial charge is 0.330 e. The van der Waals surface area contributed by atoms with Crippen LogP contribution in [0.5, 0.6) is 0 Å². The van der Waals surface area contributed by atoms with Crippen LogP contribution in [0.2, 0.25) is 0 Å². The van der Waals surface area contributed by atoms with Crippen molar-refractivity contribution in [3.8, 4) is 44.5 Å². The van der Waals surface area contributed by atoms with Gasteiger partial charge in [0.25, 0.3) is 0 Å². The largest absolute Gasteiger partial charge is 0.463 e. The zero-order valence-corrected chi connectivity index (χ0v) is 36.4. The molecule has 0 spiro atoms. The fourth-order valence-electron chi connectivity index (χ4n) is 10.4. The fraction of sp³-hybridized carbons (Fsp3) is 0.214. The van der Waals surface area contributed by atoms with Crippen molar-refractivity contribution in [3.05, 3.63) is 179 Å². The van der Waals surface area contributed by atoms with E-state index in [9.17, 15) is 9.59 Å². The third kappa shape index (κ3) is 7.03. The molecule has 0 amide bonds. The Morgan fingerprint density at radius 1 is 0.525 bits per heavy atom. The predicted molar refractivity (Wildman–Crippen MR) is 254 cm³/mol. The van der Waals surface area contributed by atoms with E-state index in [-0.39, 0.29) is 10.8 Å². The van der Waals surface area contributed by atoms with Crippen molar-refractivity contribution in [2.75, 3.05) is 13.2 Å². The van der Waals surface area contributed by atoms with E-state index in [1.807, 2.05) is 0 Å². The maximum atomic E-state index is 11.9. The summed E-state index contributed by atoms with van der Waals surface area (Å²) < 4.78 is 11.9. The Labute approximate surface area is 367 Å². The molecule has 61 heavy (non-hydrogen) atoms. The van der Waals surface area contributed by atoms with Gasteiger partial charge in [0, 0.05) is 27.5 Å². The first-order valence-corrected chi connectivity index (χ1v) is 22.2. The Bertz CT molecular complexity index is 2810. The lowest BCUT2D eigenvalue weighted by atomic mass is 9.70. The first-order valence-electron chi connectivity index (χ1n) is 21.4. The summed E-state index contributed by atoms with van der Waals surface area (Å²) in [5.41, 5.74) is 14.9. The van der Waals surface area contributed by atoms with E-state index in [0.29, 0.717) is 13.2 Å². The molecular weight excluding hydrogens is 817 g/mol. The van der Waals surface area contributed by atoms with Crippen LogP contribution in [0.15, 0.2) is 157 Å². The molecule has 7 aromatic rings. The number of ether oxygens (including phenoxy) is 2. The van der Waals surface area contributed by atoms with E-state index in [1.54, 1.807) is 0 Å². The van der Waals surface area contributed by atoms with Gasteiger partial charge in [0.15, 0.2) is 0 Å². The van der Waals surface area contributed by atoms with Gasteiger partial charge in [0.05, 0.1) is 13.2 Å². The zero-order valence-electron chi connectivity index (χ0n) is 34.9. The molecule has 0 unspecified atom stereocenters. The molecule has 2 aliphatic carbocycles. The minimum atomic E-state index is -0.394. The van der Waals surface area contributed by atoms with Gasteiger partial charge < -0.3 is 9.47 Å². The van der Waals surface area contributed by atoms with Gasteiger partial charge in [-0.25, -0.2) is 9.59 Å². The molecule has 0 saturated heterocycles. The third-order valence-corrected chi connectivity index (χ3v) is 13.7. The molecule has 0 aliphatic heterocycles. The van der Waals surface area contributed by atoms with Gasteiger partial charge in [-0.05, 0) is 151 Å². The fourth-order valence-corrected chi connectivity index (χ4v) is 10.8. The predicted octanol–water partition coefficient (Wildman–Crippen LogP) is 14.5. The Morgan fingerprint density at radius 3 is 1.48 bits per heavy atom. The van der Waals surface area contributed by atoms with E-state index in [1.165, 1.54) is 100 Å². The van der Waals surface area contributed by atoms with E-state index in [4.69, 9.17) is 9.47 Å². The Hall–Kier alpha value is -6.04. The Kier molecular flexibility index (Phi) is 10.9. The van der Waals surface area contributed by atoms with Crippen LogP contribution >= 0.6 is 15.9 Å². The van der Waals surface area contributed by atoms with Crippen LogP contribution in [-0.2, 0) is 29.9 Å². The van der Waals surface area contributed by atoms with Gasteiger partial charge in [0.1, 0.15) is 0 Å². The van der Waals surface area contributed by atoms with Crippen molar-refractivity contribution in [1.29, 1.82) is 0 Å². The van der Waals surface area contributed by atoms with E-state index in [0.717, 1.165) is 43.0 Å². The number of rotatable bonds is 14. The van der Waals surface area contributed by atoms with Crippen LogP contribution in [0.4, 0.5) is 0 Å². The highest BCUT2D eigenvalue weighted by atomic mass is 79.9. The Morgan fingerprint density at radius 2 is 0.951 bits per heavy atom. The summed E-state index contributed by atoms with van der Waals surface area (Å²) in [6.45, 7) is 12.5. The molecular formula is C56H49BrO4. The molecule has 9 rings (SSSR count). The van der Waals surface area contributed by atoms with Crippen molar-refractivity contribution < 1.29 is 19.1 Å². The van der Waals surface area contributed by atoms with Crippen LogP contribution < -0.4 is 0 Å². The normalized spacial score (nSPS) is 13.9. The lowest BCUT2D eigenvalue weighted by Gasteiger charge is -2.33. The summed E-state index contributed by atoms with van der Waals surface area (Å²) in [7, 11) is 0. The summed E-state index contributed by atoms with van der Waals surface area (Å²) in [6, 6.07) is 47.5. The molecule has 4 nitrogen and oxygen atoms in total. The van der Waals surface area contributed by atoms with Crippen molar-refractivity contribution in [2.45, 2.75) is 63.2 Å². The summed E-state index contributed by atoms with van der Waals surface area (Å²) in [5.74, 6) is -0.788. The van der Waals surface area contributed by atoms with Gasteiger partial charge in [-0.1, -0.05) is 146 Å². The summed E-state index contributed by atoms with van der Waals surface area (Å²) in [4.78, 5) is 23.8. The van der Waals surface area contributed by atoms with Crippen LogP contribution in [0.25, 0.3) is 66.1 Å². The second-order valence-electron chi connectivity index (χ2n) is 17.0. The first kappa shape index (κ1) is 40.4. The molecule has 304 valence electrons. The number of benzene rings is 7. The van der Waals surface area contributed by atoms with Crippen molar-refractivity contribution in [1.82, 2.24) is 0 Å². The quantitative estimate of drug-likeness (QED) is 0.0473. The summed E-state index contributed by atoms with van der Waals surface area (Å²) >= 11 is 3.73. The second-order valence-corrected chi connectivity index (χ2v) is 17.9. The highest BCUT2D eigenvalue weighted by Crippen LogP contribution is 2.56. The molecule has 7 aromatic carbocycles. The lowest BCUT2D eigenvalue weighted by molar-refractivity contribution is -0.138. The van der Waals surface area contributed by atoms with Gasteiger partial charge in [-0.3, -0.25) is 0 Å².